The molecule has 1 atom stereocenters. The number of hydrogen-bond acceptors (Lipinski definition) is 2. The van der Waals surface area contributed by atoms with Crippen LogP contribution in [0.3, 0.4) is 0 Å². The Balaban J connectivity index is 1.95. The van der Waals surface area contributed by atoms with Gasteiger partial charge in [-0.25, -0.2) is 0 Å². The summed E-state index contributed by atoms with van der Waals surface area (Å²) in [5.41, 5.74) is 0. The number of amides is 1. The largest absolute Gasteiger partial charge is 0.378 e. The van der Waals surface area contributed by atoms with Crippen molar-refractivity contribution in [3.05, 3.63) is 24.5 Å². The first-order chi connectivity index (χ1) is 9.76. The van der Waals surface area contributed by atoms with Gasteiger partial charge in [0, 0.05) is 32.1 Å². The van der Waals surface area contributed by atoms with Crippen LogP contribution in [0.5, 0.6) is 0 Å². The van der Waals surface area contributed by atoms with E-state index in [1.54, 1.807) is 0 Å². The second-order valence-electron chi connectivity index (χ2n) is 5.41. The second-order valence-corrected chi connectivity index (χ2v) is 5.41. The molecular weight excluding hydrogens is 252 g/mol. The monoisotopic (exact) mass is 278 g/mol. The van der Waals surface area contributed by atoms with Gasteiger partial charge in [-0.3, -0.25) is 4.79 Å². The fourth-order valence-corrected chi connectivity index (χ4v) is 2.92. The van der Waals surface area contributed by atoms with Crippen molar-refractivity contribution in [1.29, 1.82) is 0 Å². The van der Waals surface area contributed by atoms with Gasteiger partial charge in [-0.1, -0.05) is 13.3 Å². The second kappa shape index (κ2) is 7.48. The van der Waals surface area contributed by atoms with Crippen LogP contribution in [0.15, 0.2) is 24.5 Å². The zero-order chi connectivity index (χ0) is 14.4. The van der Waals surface area contributed by atoms with E-state index in [9.17, 15) is 4.79 Å². The van der Waals surface area contributed by atoms with E-state index in [-0.39, 0.29) is 11.9 Å². The van der Waals surface area contributed by atoms with Crippen molar-refractivity contribution in [2.75, 3.05) is 19.7 Å². The molecule has 20 heavy (non-hydrogen) atoms. The molecule has 4 nitrogen and oxygen atoms in total. The molecule has 1 aliphatic heterocycles. The van der Waals surface area contributed by atoms with Crippen molar-refractivity contribution in [3.63, 3.8) is 0 Å². The van der Waals surface area contributed by atoms with E-state index in [4.69, 9.17) is 4.74 Å². The number of carbonyl (C=O) groups is 1. The summed E-state index contributed by atoms with van der Waals surface area (Å²) in [4.78, 5) is 14.7. The molecule has 2 rings (SSSR count). The van der Waals surface area contributed by atoms with Gasteiger partial charge in [-0.05, 0) is 38.3 Å². The van der Waals surface area contributed by atoms with Crippen LogP contribution in [0.1, 0.15) is 45.6 Å². The van der Waals surface area contributed by atoms with Crippen LogP contribution in [0.4, 0.5) is 0 Å². The van der Waals surface area contributed by atoms with Crippen molar-refractivity contribution in [1.82, 2.24) is 9.47 Å². The molecule has 2 heterocycles. The number of nitrogens with zero attached hydrogens (tertiary/aromatic N) is 2. The quantitative estimate of drug-likeness (QED) is 0.802. The number of carbonyl (C=O) groups excluding carboxylic acids is 1. The minimum atomic E-state index is -0.0429. The molecule has 0 bridgehead atoms. The van der Waals surface area contributed by atoms with Crippen molar-refractivity contribution in [3.8, 4) is 0 Å². The smallest absolute Gasteiger partial charge is 0.245 e. The normalized spacial score (nSPS) is 18.2. The molecule has 0 N–H and O–H groups in total. The van der Waals surface area contributed by atoms with Crippen LogP contribution >= 0.6 is 0 Å². The molecule has 0 saturated carbocycles. The predicted octanol–water partition coefficient (Wildman–Crippen LogP) is 2.86. The first kappa shape index (κ1) is 15.1. The average Bonchev–Trinajstić information content (AvgIpc) is 2.99. The number of piperidine rings is 1. The highest BCUT2D eigenvalue weighted by atomic mass is 16.5. The molecule has 4 heteroatoms. The third-order valence-corrected chi connectivity index (χ3v) is 3.99. The Hall–Kier alpha value is -1.29. The fraction of sp³-hybridized carbons (Fsp3) is 0.688. The first-order valence-electron chi connectivity index (χ1n) is 7.79. The Morgan fingerprint density at radius 2 is 1.90 bits per heavy atom. The van der Waals surface area contributed by atoms with Gasteiger partial charge in [0.05, 0.1) is 6.10 Å². The summed E-state index contributed by atoms with van der Waals surface area (Å²) < 4.78 is 7.69. The van der Waals surface area contributed by atoms with Gasteiger partial charge in [-0.15, -0.1) is 0 Å². The van der Waals surface area contributed by atoms with Crippen LogP contribution in [-0.4, -0.2) is 41.2 Å². The molecule has 0 radical (unpaired) electrons. The van der Waals surface area contributed by atoms with Gasteiger partial charge in [0.15, 0.2) is 0 Å². The zero-order valence-electron chi connectivity index (χ0n) is 12.6. The maximum Gasteiger partial charge on any atom is 0.245 e. The third-order valence-electron chi connectivity index (χ3n) is 3.99. The van der Waals surface area contributed by atoms with Crippen molar-refractivity contribution < 1.29 is 9.53 Å². The molecule has 1 aromatic heterocycles. The Bertz CT molecular complexity index is 395. The minimum absolute atomic E-state index is 0.0429. The molecule has 1 aromatic rings. The Morgan fingerprint density at radius 3 is 2.45 bits per heavy atom. The topological polar surface area (TPSA) is 34.5 Å². The summed E-state index contributed by atoms with van der Waals surface area (Å²) in [5.74, 6) is 0.262. The predicted molar refractivity (Wildman–Crippen MR) is 79.6 cm³/mol. The average molecular weight is 278 g/mol. The lowest BCUT2D eigenvalue weighted by molar-refractivity contribution is -0.137. The van der Waals surface area contributed by atoms with E-state index in [0.29, 0.717) is 6.10 Å². The number of ether oxygens (including phenoxy) is 1. The van der Waals surface area contributed by atoms with Gasteiger partial charge in [-0.2, -0.15) is 0 Å². The van der Waals surface area contributed by atoms with Crippen molar-refractivity contribution >= 4 is 5.91 Å². The lowest BCUT2D eigenvalue weighted by Crippen LogP contribution is -2.44. The van der Waals surface area contributed by atoms with E-state index in [1.807, 2.05) is 40.9 Å². The Labute approximate surface area is 121 Å². The Kier molecular flexibility index (Phi) is 5.65. The SMILES string of the molecule is CCC[C@@H](C(=O)N1CCC(OCC)CC1)n1cccc1. The van der Waals surface area contributed by atoms with Crippen LogP contribution in [0.25, 0.3) is 0 Å². The summed E-state index contributed by atoms with van der Waals surface area (Å²) in [6.45, 7) is 6.57. The van der Waals surface area contributed by atoms with Crippen LogP contribution < -0.4 is 0 Å². The van der Waals surface area contributed by atoms with E-state index < -0.39 is 0 Å². The highest BCUT2D eigenvalue weighted by Crippen LogP contribution is 2.21. The van der Waals surface area contributed by atoms with E-state index in [1.165, 1.54) is 0 Å². The molecule has 0 spiro atoms. The number of rotatable bonds is 6. The maximum atomic E-state index is 12.7. The maximum absolute atomic E-state index is 12.7. The Morgan fingerprint density at radius 1 is 1.25 bits per heavy atom. The highest BCUT2D eigenvalue weighted by Gasteiger charge is 2.28. The lowest BCUT2D eigenvalue weighted by atomic mass is 10.0. The van der Waals surface area contributed by atoms with Gasteiger partial charge in [0.2, 0.25) is 5.91 Å². The molecule has 0 aliphatic carbocycles. The first-order valence-corrected chi connectivity index (χ1v) is 7.79. The molecular formula is C16H26N2O2. The van der Waals surface area contributed by atoms with E-state index >= 15 is 0 Å². The standard InChI is InChI=1S/C16H26N2O2/c1-3-7-15(17-10-5-6-11-17)16(19)18-12-8-14(9-13-18)20-4-2/h5-6,10-11,14-15H,3-4,7-9,12-13H2,1-2H3/t15-/m0/s1. The van der Waals surface area contributed by atoms with Crippen LogP contribution in [0, 0.1) is 0 Å². The number of aromatic nitrogens is 1. The zero-order valence-corrected chi connectivity index (χ0v) is 12.6. The van der Waals surface area contributed by atoms with Gasteiger partial charge >= 0.3 is 0 Å². The van der Waals surface area contributed by atoms with E-state index in [2.05, 4.69) is 6.92 Å². The van der Waals surface area contributed by atoms with Crippen molar-refractivity contribution in [2.24, 2.45) is 0 Å². The van der Waals surface area contributed by atoms with Gasteiger partial charge in [0.25, 0.3) is 0 Å². The molecule has 1 aliphatic rings. The molecule has 1 amide bonds. The molecule has 112 valence electrons. The summed E-state index contributed by atoms with van der Waals surface area (Å²) >= 11 is 0. The molecule has 1 fully saturated rings. The highest BCUT2D eigenvalue weighted by molar-refractivity contribution is 5.80. The van der Waals surface area contributed by atoms with Gasteiger partial charge < -0.3 is 14.2 Å². The van der Waals surface area contributed by atoms with E-state index in [0.717, 1.165) is 45.4 Å². The molecule has 0 unspecified atom stereocenters. The lowest BCUT2D eigenvalue weighted by Gasteiger charge is -2.34. The summed E-state index contributed by atoms with van der Waals surface area (Å²) in [6.07, 6.45) is 8.16. The third kappa shape index (κ3) is 3.63. The summed E-state index contributed by atoms with van der Waals surface area (Å²) in [7, 11) is 0. The number of hydrogen-bond donors (Lipinski definition) is 0. The summed E-state index contributed by atoms with van der Waals surface area (Å²) in [6, 6.07) is 3.92. The minimum Gasteiger partial charge on any atom is -0.378 e. The molecule has 1 saturated heterocycles. The number of likely N-dealkylation sites (tertiary alicyclic amines) is 1. The van der Waals surface area contributed by atoms with Crippen molar-refractivity contribution in [2.45, 2.75) is 51.7 Å². The van der Waals surface area contributed by atoms with Gasteiger partial charge in [0.1, 0.15) is 6.04 Å². The fourth-order valence-electron chi connectivity index (χ4n) is 2.92. The van der Waals surface area contributed by atoms with Crippen LogP contribution in [-0.2, 0) is 9.53 Å². The summed E-state index contributed by atoms with van der Waals surface area (Å²) in [5, 5.41) is 0. The molecule has 0 aromatic carbocycles. The van der Waals surface area contributed by atoms with Crippen LogP contribution in [0.2, 0.25) is 0 Å².